The lowest BCUT2D eigenvalue weighted by Crippen LogP contribution is -2.29. The van der Waals surface area contributed by atoms with Crippen LogP contribution in [0.3, 0.4) is 0 Å². The second kappa shape index (κ2) is 3.94. The first kappa shape index (κ1) is 12.9. The van der Waals surface area contributed by atoms with Crippen LogP contribution in [0.1, 0.15) is 50.2 Å². The monoisotopic (exact) mass is 279 g/mol. The van der Waals surface area contributed by atoms with E-state index in [4.69, 9.17) is 9.57 Å². The molecule has 0 fully saturated rings. The Labute approximate surface area is 116 Å². The standard InChI is InChI=1S/C14H17NO5/c1-14(2,3)19-13(18)20-15-11(16)9-7-4-5-8(6-7)10(9)12(15)17/h4-5,7-8,16-17H,6H2,1-3H3. The molecule has 1 aromatic heterocycles. The predicted molar refractivity (Wildman–Crippen MR) is 69.8 cm³/mol. The Kier molecular flexibility index (Phi) is 2.54. The second-order valence-corrected chi connectivity index (χ2v) is 6.16. The minimum atomic E-state index is -0.975. The van der Waals surface area contributed by atoms with Gasteiger partial charge in [-0.2, -0.15) is 0 Å². The van der Waals surface area contributed by atoms with Gasteiger partial charge < -0.3 is 14.9 Å². The van der Waals surface area contributed by atoms with Gasteiger partial charge in [0, 0.05) is 23.0 Å². The van der Waals surface area contributed by atoms with E-state index in [1.807, 2.05) is 12.2 Å². The summed E-state index contributed by atoms with van der Waals surface area (Å²) < 4.78 is 5.74. The fraction of sp³-hybridized carbons (Fsp3) is 0.500. The number of carbonyl (C=O) groups excluding carboxylic acids is 1. The zero-order valence-corrected chi connectivity index (χ0v) is 11.6. The van der Waals surface area contributed by atoms with Gasteiger partial charge in [-0.15, -0.1) is 4.73 Å². The molecule has 0 radical (unpaired) electrons. The number of ether oxygens (including phenoxy) is 1. The van der Waals surface area contributed by atoms with Crippen LogP contribution in [0.15, 0.2) is 12.2 Å². The van der Waals surface area contributed by atoms with Gasteiger partial charge in [-0.25, -0.2) is 4.79 Å². The molecule has 0 aliphatic heterocycles. The maximum Gasteiger partial charge on any atom is 0.534 e. The normalized spacial score (nSPS) is 22.9. The number of nitrogens with zero attached hydrogens (tertiary/aromatic N) is 1. The molecule has 6 nitrogen and oxygen atoms in total. The van der Waals surface area contributed by atoms with Crippen molar-refractivity contribution >= 4 is 6.16 Å². The van der Waals surface area contributed by atoms with E-state index in [9.17, 15) is 15.0 Å². The summed E-state index contributed by atoms with van der Waals surface area (Å²) in [6, 6.07) is 0. The lowest BCUT2D eigenvalue weighted by Gasteiger charge is -2.19. The Hall–Kier alpha value is -2.11. The summed E-state index contributed by atoms with van der Waals surface area (Å²) in [5.41, 5.74) is 0.566. The van der Waals surface area contributed by atoms with Crippen LogP contribution in [0.25, 0.3) is 0 Å². The summed E-state index contributed by atoms with van der Waals surface area (Å²) in [7, 11) is 0. The topological polar surface area (TPSA) is 80.9 Å². The SMILES string of the molecule is CC(C)(C)OC(=O)On1c(O)c2c(c1O)C1C=CC2C1. The molecule has 2 atom stereocenters. The number of carbonyl (C=O) groups is 1. The fourth-order valence-corrected chi connectivity index (χ4v) is 2.85. The molecule has 2 N–H and O–H groups in total. The van der Waals surface area contributed by atoms with Crippen molar-refractivity contribution < 1.29 is 24.6 Å². The first-order valence-corrected chi connectivity index (χ1v) is 6.54. The number of allylic oxidation sites excluding steroid dienone is 2. The highest BCUT2D eigenvalue weighted by Gasteiger charge is 2.42. The van der Waals surface area contributed by atoms with Crippen molar-refractivity contribution in [1.29, 1.82) is 0 Å². The molecular formula is C14H17NO5. The highest BCUT2D eigenvalue weighted by Crippen LogP contribution is 2.56. The summed E-state index contributed by atoms with van der Waals surface area (Å²) in [4.78, 5) is 16.5. The number of aromatic nitrogens is 1. The van der Waals surface area contributed by atoms with Gasteiger partial charge >= 0.3 is 6.16 Å². The van der Waals surface area contributed by atoms with Gasteiger partial charge in [-0.3, -0.25) is 4.84 Å². The molecule has 2 aliphatic rings. The van der Waals surface area contributed by atoms with E-state index < -0.39 is 11.8 Å². The van der Waals surface area contributed by atoms with E-state index in [1.165, 1.54) is 0 Å². The molecule has 0 spiro atoms. The highest BCUT2D eigenvalue weighted by atomic mass is 16.8. The number of rotatable bonds is 1. The maximum absolute atomic E-state index is 11.6. The first-order chi connectivity index (χ1) is 9.28. The third-order valence-corrected chi connectivity index (χ3v) is 3.54. The molecule has 6 heteroatoms. The third kappa shape index (κ3) is 1.83. The number of hydrogen-bond donors (Lipinski definition) is 2. The number of hydrogen-bond acceptors (Lipinski definition) is 5. The van der Waals surface area contributed by atoms with E-state index in [2.05, 4.69) is 0 Å². The molecule has 2 aliphatic carbocycles. The predicted octanol–water partition coefficient (Wildman–Crippen LogP) is 2.40. The molecule has 2 unspecified atom stereocenters. The first-order valence-electron chi connectivity index (χ1n) is 6.54. The van der Waals surface area contributed by atoms with Crippen molar-refractivity contribution in [3.8, 4) is 11.8 Å². The molecule has 108 valence electrons. The van der Waals surface area contributed by atoms with Gasteiger partial charge in [0.25, 0.3) is 0 Å². The Morgan fingerprint density at radius 2 is 1.70 bits per heavy atom. The fourth-order valence-electron chi connectivity index (χ4n) is 2.85. The van der Waals surface area contributed by atoms with E-state index >= 15 is 0 Å². The highest BCUT2D eigenvalue weighted by molar-refractivity contribution is 5.63. The zero-order valence-electron chi connectivity index (χ0n) is 11.6. The Morgan fingerprint density at radius 3 is 2.15 bits per heavy atom. The van der Waals surface area contributed by atoms with Gasteiger partial charge in [0.15, 0.2) is 0 Å². The van der Waals surface area contributed by atoms with Gasteiger partial charge in [-0.05, 0) is 27.2 Å². The Morgan fingerprint density at radius 1 is 1.20 bits per heavy atom. The van der Waals surface area contributed by atoms with Crippen molar-refractivity contribution in [2.75, 3.05) is 0 Å². The number of fused-ring (bicyclic) bond motifs is 5. The van der Waals surface area contributed by atoms with Gasteiger partial charge in [0.05, 0.1) is 0 Å². The molecule has 20 heavy (non-hydrogen) atoms. The van der Waals surface area contributed by atoms with Gasteiger partial charge in [-0.1, -0.05) is 12.2 Å². The molecule has 0 saturated carbocycles. The van der Waals surface area contributed by atoms with Crippen molar-refractivity contribution in [2.45, 2.75) is 44.6 Å². The molecule has 0 aromatic carbocycles. The van der Waals surface area contributed by atoms with E-state index in [0.717, 1.165) is 11.2 Å². The molecular weight excluding hydrogens is 262 g/mol. The van der Waals surface area contributed by atoms with Crippen LogP contribution >= 0.6 is 0 Å². The van der Waals surface area contributed by atoms with Crippen molar-refractivity contribution in [3.05, 3.63) is 23.3 Å². The summed E-state index contributed by atoms with van der Waals surface area (Å²) >= 11 is 0. The summed E-state index contributed by atoms with van der Waals surface area (Å²) in [5, 5.41) is 20.3. The van der Waals surface area contributed by atoms with E-state index in [-0.39, 0.29) is 23.6 Å². The largest absolute Gasteiger partial charge is 0.534 e. The van der Waals surface area contributed by atoms with Crippen LogP contribution < -0.4 is 4.84 Å². The van der Waals surface area contributed by atoms with Crippen molar-refractivity contribution in [3.63, 3.8) is 0 Å². The van der Waals surface area contributed by atoms with Crippen molar-refractivity contribution in [1.82, 2.24) is 4.73 Å². The lowest BCUT2D eigenvalue weighted by atomic mass is 10.0. The molecule has 1 heterocycles. The lowest BCUT2D eigenvalue weighted by molar-refractivity contribution is -0.0175. The summed E-state index contributed by atoms with van der Waals surface area (Å²) in [5.74, 6) is -0.325. The van der Waals surface area contributed by atoms with Crippen molar-refractivity contribution in [2.24, 2.45) is 0 Å². The Bertz CT molecular complexity index is 573. The smallest absolute Gasteiger partial charge is 0.492 e. The minimum absolute atomic E-state index is 0.0735. The average Bonchev–Trinajstić information content (AvgIpc) is 2.96. The molecule has 1 aromatic rings. The van der Waals surface area contributed by atoms with Crippen LogP contribution in [0.5, 0.6) is 11.8 Å². The maximum atomic E-state index is 11.6. The Balaban J connectivity index is 1.88. The van der Waals surface area contributed by atoms with Crippen LogP contribution in [0.4, 0.5) is 4.79 Å². The van der Waals surface area contributed by atoms with Crippen LogP contribution in [-0.2, 0) is 4.74 Å². The molecule has 0 saturated heterocycles. The van der Waals surface area contributed by atoms with Gasteiger partial charge in [0.1, 0.15) is 5.60 Å². The van der Waals surface area contributed by atoms with Crippen LogP contribution in [0, 0.1) is 0 Å². The average molecular weight is 279 g/mol. The zero-order chi connectivity index (χ0) is 14.7. The summed E-state index contributed by atoms with van der Waals surface area (Å²) in [6.07, 6.45) is 3.85. The third-order valence-electron chi connectivity index (χ3n) is 3.54. The quantitative estimate of drug-likeness (QED) is 0.609. The van der Waals surface area contributed by atoms with Crippen LogP contribution in [-0.4, -0.2) is 26.7 Å². The summed E-state index contributed by atoms with van der Waals surface area (Å²) in [6.45, 7) is 5.11. The molecule has 0 amide bonds. The minimum Gasteiger partial charge on any atom is -0.492 e. The molecule has 2 bridgehead atoms. The van der Waals surface area contributed by atoms with Gasteiger partial charge in [0.2, 0.25) is 11.8 Å². The van der Waals surface area contributed by atoms with E-state index in [0.29, 0.717) is 11.1 Å². The van der Waals surface area contributed by atoms with Crippen LogP contribution in [0.2, 0.25) is 0 Å². The molecule has 3 rings (SSSR count). The second-order valence-electron chi connectivity index (χ2n) is 6.16. The van der Waals surface area contributed by atoms with E-state index in [1.54, 1.807) is 20.8 Å². The number of aromatic hydroxyl groups is 2.